The molecule has 0 spiro atoms. The maximum absolute atomic E-state index is 12.8. The molecule has 2 N–H and O–H groups in total. The number of hydrogen-bond acceptors (Lipinski definition) is 5. The predicted octanol–water partition coefficient (Wildman–Crippen LogP) is 3.81. The number of ether oxygens (including phenoxy) is 3. The SMILES string of the molecule is CCCOc1cccc(CNC(=O)NC(c2cc(OC)cc(OC)c2)c2nccn2C)c1. The van der Waals surface area contributed by atoms with Crippen molar-refractivity contribution in [1.82, 2.24) is 20.2 Å². The summed E-state index contributed by atoms with van der Waals surface area (Å²) in [5.74, 6) is 2.74. The molecule has 0 fully saturated rings. The number of amides is 2. The fraction of sp³-hybridized carbons (Fsp3) is 0.333. The Morgan fingerprint density at radius 1 is 1.09 bits per heavy atom. The van der Waals surface area contributed by atoms with Gasteiger partial charge in [-0.25, -0.2) is 9.78 Å². The van der Waals surface area contributed by atoms with Gasteiger partial charge in [-0.2, -0.15) is 0 Å². The second-order valence-corrected chi connectivity index (χ2v) is 7.30. The summed E-state index contributed by atoms with van der Waals surface area (Å²) >= 11 is 0. The Morgan fingerprint density at radius 3 is 2.47 bits per heavy atom. The lowest BCUT2D eigenvalue weighted by atomic mass is 10.1. The number of hydrogen-bond donors (Lipinski definition) is 2. The Bertz CT molecular complexity index is 1010. The number of aryl methyl sites for hydroxylation is 1. The minimum atomic E-state index is -0.502. The zero-order valence-electron chi connectivity index (χ0n) is 18.9. The summed E-state index contributed by atoms with van der Waals surface area (Å²) < 4.78 is 18.3. The van der Waals surface area contributed by atoms with E-state index in [4.69, 9.17) is 14.2 Å². The van der Waals surface area contributed by atoms with E-state index in [1.807, 2.05) is 54.2 Å². The Balaban J connectivity index is 1.76. The Hall–Kier alpha value is -3.68. The molecule has 1 aromatic heterocycles. The van der Waals surface area contributed by atoms with E-state index in [0.29, 0.717) is 30.5 Å². The maximum Gasteiger partial charge on any atom is 0.315 e. The number of carbonyl (C=O) groups is 1. The molecular weight excluding hydrogens is 408 g/mol. The molecule has 1 heterocycles. The van der Waals surface area contributed by atoms with E-state index in [9.17, 15) is 4.79 Å². The number of methoxy groups -OCH3 is 2. The average molecular weight is 439 g/mol. The lowest BCUT2D eigenvalue weighted by Crippen LogP contribution is -2.39. The van der Waals surface area contributed by atoms with Crippen molar-refractivity contribution >= 4 is 6.03 Å². The molecule has 8 heteroatoms. The minimum absolute atomic E-state index is 0.320. The van der Waals surface area contributed by atoms with Gasteiger partial charge in [0.2, 0.25) is 0 Å². The van der Waals surface area contributed by atoms with Crippen LogP contribution in [0, 0.1) is 0 Å². The smallest absolute Gasteiger partial charge is 0.315 e. The number of carbonyl (C=O) groups excluding carboxylic acids is 1. The summed E-state index contributed by atoms with van der Waals surface area (Å²) in [6.07, 6.45) is 4.47. The number of benzene rings is 2. The molecule has 0 aliphatic rings. The monoisotopic (exact) mass is 438 g/mol. The number of imidazole rings is 1. The maximum atomic E-state index is 12.8. The lowest BCUT2D eigenvalue weighted by molar-refractivity contribution is 0.237. The molecule has 2 amide bonds. The Morgan fingerprint density at radius 2 is 1.84 bits per heavy atom. The molecular formula is C24H30N4O4. The van der Waals surface area contributed by atoms with Crippen molar-refractivity contribution in [2.75, 3.05) is 20.8 Å². The summed E-state index contributed by atoms with van der Waals surface area (Å²) in [5.41, 5.74) is 1.74. The van der Waals surface area contributed by atoms with Crippen molar-refractivity contribution in [3.05, 3.63) is 71.8 Å². The van der Waals surface area contributed by atoms with Gasteiger partial charge < -0.3 is 29.4 Å². The van der Waals surface area contributed by atoms with Crippen LogP contribution in [0.3, 0.4) is 0 Å². The quantitative estimate of drug-likeness (QED) is 0.503. The van der Waals surface area contributed by atoms with Crippen LogP contribution in [0.4, 0.5) is 4.79 Å². The number of urea groups is 1. The summed E-state index contributed by atoms with van der Waals surface area (Å²) in [7, 11) is 5.06. The third kappa shape index (κ3) is 5.94. The van der Waals surface area contributed by atoms with Crippen LogP contribution in [-0.4, -0.2) is 36.4 Å². The van der Waals surface area contributed by atoms with Gasteiger partial charge in [-0.3, -0.25) is 0 Å². The first-order valence-electron chi connectivity index (χ1n) is 10.5. The molecule has 1 atom stereocenters. The number of rotatable bonds is 10. The van der Waals surface area contributed by atoms with Crippen molar-refractivity contribution in [3.63, 3.8) is 0 Å². The summed E-state index contributed by atoms with van der Waals surface area (Å²) in [6, 6.07) is 12.4. The van der Waals surface area contributed by atoms with Crippen LogP contribution >= 0.6 is 0 Å². The molecule has 0 saturated carbocycles. The highest BCUT2D eigenvalue weighted by atomic mass is 16.5. The molecule has 0 radical (unpaired) electrons. The first kappa shape index (κ1) is 23.0. The van der Waals surface area contributed by atoms with Crippen LogP contribution in [0.1, 0.15) is 36.3 Å². The van der Waals surface area contributed by atoms with Crippen molar-refractivity contribution in [3.8, 4) is 17.2 Å². The highest BCUT2D eigenvalue weighted by Gasteiger charge is 2.22. The largest absolute Gasteiger partial charge is 0.497 e. The zero-order chi connectivity index (χ0) is 22.9. The van der Waals surface area contributed by atoms with Crippen LogP contribution in [0.15, 0.2) is 54.9 Å². The van der Waals surface area contributed by atoms with Crippen molar-refractivity contribution in [2.45, 2.75) is 25.9 Å². The van der Waals surface area contributed by atoms with Crippen LogP contribution < -0.4 is 24.8 Å². The number of nitrogens with one attached hydrogen (secondary N) is 2. The molecule has 3 rings (SSSR count). The molecule has 0 saturated heterocycles. The molecule has 170 valence electrons. The molecule has 0 aliphatic carbocycles. The van der Waals surface area contributed by atoms with Gasteiger partial charge in [-0.15, -0.1) is 0 Å². The van der Waals surface area contributed by atoms with E-state index >= 15 is 0 Å². The number of nitrogens with zero attached hydrogens (tertiary/aromatic N) is 2. The van der Waals surface area contributed by atoms with Gasteiger partial charge in [0.1, 0.15) is 29.1 Å². The predicted molar refractivity (Wildman–Crippen MR) is 122 cm³/mol. The molecule has 8 nitrogen and oxygen atoms in total. The summed E-state index contributed by atoms with van der Waals surface area (Å²) in [5, 5.41) is 5.94. The zero-order valence-corrected chi connectivity index (χ0v) is 18.9. The first-order chi connectivity index (χ1) is 15.5. The minimum Gasteiger partial charge on any atom is -0.497 e. The number of aromatic nitrogens is 2. The van der Waals surface area contributed by atoms with E-state index in [1.165, 1.54) is 0 Å². The van der Waals surface area contributed by atoms with Crippen LogP contribution in [0.25, 0.3) is 0 Å². The van der Waals surface area contributed by atoms with E-state index in [2.05, 4.69) is 22.5 Å². The van der Waals surface area contributed by atoms with Gasteiger partial charge >= 0.3 is 6.03 Å². The van der Waals surface area contributed by atoms with Gasteiger partial charge in [-0.05, 0) is 41.8 Å². The fourth-order valence-electron chi connectivity index (χ4n) is 3.28. The van der Waals surface area contributed by atoms with E-state index in [-0.39, 0.29) is 6.03 Å². The van der Waals surface area contributed by atoms with Crippen LogP contribution in [0.2, 0.25) is 0 Å². The fourth-order valence-corrected chi connectivity index (χ4v) is 3.28. The summed E-state index contributed by atoms with van der Waals surface area (Å²) in [6.45, 7) is 3.09. The molecule has 0 aliphatic heterocycles. The normalized spacial score (nSPS) is 11.5. The van der Waals surface area contributed by atoms with Gasteiger partial charge in [0.15, 0.2) is 0 Å². The van der Waals surface area contributed by atoms with Gasteiger partial charge in [0.05, 0.1) is 20.8 Å². The second kappa shape index (κ2) is 11.1. The molecule has 32 heavy (non-hydrogen) atoms. The average Bonchev–Trinajstić information content (AvgIpc) is 3.25. The third-order valence-corrected chi connectivity index (χ3v) is 4.92. The molecule has 0 bridgehead atoms. The molecule has 2 aromatic carbocycles. The van der Waals surface area contributed by atoms with E-state index in [0.717, 1.165) is 23.3 Å². The first-order valence-corrected chi connectivity index (χ1v) is 10.5. The standard InChI is InChI=1S/C24H30N4O4/c1-5-11-32-19-8-6-7-17(12-19)16-26-24(29)27-22(23-25-9-10-28(23)2)18-13-20(30-3)15-21(14-18)31-4/h6-10,12-15,22H,5,11,16H2,1-4H3,(H2,26,27,29). The Kier molecular flexibility index (Phi) is 7.96. The highest BCUT2D eigenvalue weighted by molar-refractivity contribution is 5.75. The van der Waals surface area contributed by atoms with Crippen LogP contribution in [0.5, 0.6) is 17.2 Å². The lowest BCUT2D eigenvalue weighted by Gasteiger charge is -2.21. The van der Waals surface area contributed by atoms with Gasteiger partial charge in [-0.1, -0.05) is 19.1 Å². The van der Waals surface area contributed by atoms with E-state index in [1.54, 1.807) is 26.5 Å². The van der Waals surface area contributed by atoms with Crippen LogP contribution in [-0.2, 0) is 13.6 Å². The van der Waals surface area contributed by atoms with E-state index < -0.39 is 6.04 Å². The third-order valence-electron chi connectivity index (χ3n) is 4.92. The molecule has 3 aromatic rings. The van der Waals surface area contributed by atoms with Crippen molar-refractivity contribution in [1.29, 1.82) is 0 Å². The second-order valence-electron chi connectivity index (χ2n) is 7.30. The topological polar surface area (TPSA) is 86.6 Å². The van der Waals surface area contributed by atoms with Gasteiger partial charge in [0.25, 0.3) is 0 Å². The van der Waals surface area contributed by atoms with Crippen molar-refractivity contribution in [2.24, 2.45) is 7.05 Å². The van der Waals surface area contributed by atoms with Gasteiger partial charge in [0, 0.05) is 32.1 Å². The summed E-state index contributed by atoms with van der Waals surface area (Å²) in [4.78, 5) is 17.3. The van der Waals surface area contributed by atoms with Crippen molar-refractivity contribution < 1.29 is 19.0 Å². The highest BCUT2D eigenvalue weighted by Crippen LogP contribution is 2.29. The molecule has 1 unspecified atom stereocenters. The Labute approximate surface area is 188 Å².